The number of nitrogens with zero attached hydrogens (tertiary/aromatic N) is 6. The number of unbranched alkanes of at least 4 members (excludes halogenated alkanes) is 12. The Kier molecular flexibility index (Phi) is 21.5. The van der Waals surface area contributed by atoms with E-state index in [9.17, 15) is 10.5 Å². The van der Waals surface area contributed by atoms with E-state index in [2.05, 4.69) is 39.8 Å². The summed E-state index contributed by atoms with van der Waals surface area (Å²) < 4.78 is 17.3. The van der Waals surface area contributed by atoms with Gasteiger partial charge in [0.1, 0.15) is 12.2 Å². The van der Waals surface area contributed by atoms with Crippen molar-refractivity contribution in [1.82, 2.24) is 19.6 Å². The lowest BCUT2D eigenvalue weighted by Crippen LogP contribution is -2.17. The second kappa shape index (κ2) is 28.0. The summed E-state index contributed by atoms with van der Waals surface area (Å²) in [6.45, 7) is 8.96. The first kappa shape index (κ1) is 49.2. The highest BCUT2D eigenvalue weighted by Crippen LogP contribution is 2.31. The first-order chi connectivity index (χ1) is 31.5. The lowest BCUT2D eigenvalue weighted by Gasteiger charge is -2.18. The molecule has 0 N–H and O–H groups in total. The minimum atomic E-state index is 0.0502. The molecule has 3 aromatic carbocycles. The lowest BCUT2D eigenvalue weighted by atomic mass is 9.99. The maximum absolute atomic E-state index is 10.6. The lowest BCUT2D eigenvalue weighted by molar-refractivity contribution is 0.164. The average molecular weight is 861 g/mol. The fourth-order valence-electron chi connectivity index (χ4n) is 8.09. The molecular weight excluding hydrogens is 789 g/mol. The first-order valence-corrected chi connectivity index (χ1v) is 24.5. The van der Waals surface area contributed by atoms with Crippen molar-refractivity contribution in [3.05, 3.63) is 120 Å². The normalized spacial score (nSPS) is 11.9. The molecule has 2 aromatic heterocycles. The Labute approximate surface area is 384 Å². The minimum Gasteiger partial charge on any atom is -0.473 e. The third-order valence-corrected chi connectivity index (χ3v) is 11.9. The number of rotatable bonds is 30. The maximum atomic E-state index is 10.6. The van der Waals surface area contributed by atoms with Crippen LogP contribution in [0.3, 0.4) is 0 Å². The summed E-state index contributed by atoms with van der Waals surface area (Å²) in [5.74, 6) is 1.08. The SMILES string of the molecule is CCCCCCC(CCCCCC)Oc1nn(-c2ccccc2)cc1/C=C(\C#N)c1ccc(/C(C#N)=C/c2cn(-c3ccccc3)nc2OC(CCCCCC)CCCCCC)cc1. The number of benzene rings is 3. The molecule has 8 heteroatoms. The summed E-state index contributed by atoms with van der Waals surface area (Å²) in [5, 5.41) is 31.1. The van der Waals surface area contributed by atoms with Crippen molar-refractivity contribution in [1.29, 1.82) is 10.5 Å². The van der Waals surface area contributed by atoms with Gasteiger partial charge in [0.15, 0.2) is 0 Å². The Morgan fingerprint density at radius 2 is 0.812 bits per heavy atom. The molecular formula is C56H72N6O2. The van der Waals surface area contributed by atoms with Crippen LogP contribution in [0.1, 0.15) is 178 Å². The van der Waals surface area contributed by atoms with Crippen molar-refractivity contribution in [2.45, 2.75) is 168 Å². The molecule has 0 radical (unpaired) electrons. The summed E-state index contributed by atoms with van der Waals surface area (Å²) in [6, 6.07) is 32.6. The van der Waals surface area contributed by atoms with Gasteiger partial charge in [-0.2, -0.15) is 10.5 Å². The number of aromatic nitrogens is 4. The molecule has 0 aliphatic heterocycles. The fourth-order valence-corrected chi connectivity index (χ4v) is 8.09. The zero-order chi connectivity index (χ0) is 45.2. The van der Waals surface area contributed by atoms with Crippen molar-refractivity contribution in [2.75, 3.05) is 0 Å². The van der Waals surface area contributed by atoms with Crippen LogP contribution in [0.25, 0.3) is 34.7 Å². The first-order valence-electron chi connectivity index (χ1n) is 24.5. The van der Waals surface area contributed by atoms with Gasteiger partial charge in [-0.1, -0.05) is 165 Å². The molecule has 5 aromatic rings. The number of para-hydroxylation sites is 2. The molecule has 0 fully saturated rings. The molecule has 0 bridgehead atoms. The molecule has 5 rings (SSSR count). The smallest absolute Gasteiger partial charge is 0.240 e. The molecule has 0 amide bonds. The topological polar surface area (TPSA) is 102 Å². The van der Waals surface area contributed by atoms with Gasteiger partial charge in [-0.15, -0.1) is 10.2 Å². The third kappa shape index (κ3) is 15.7. The van der Waals surface area contributed by atoms with E-state index >= 15 is 0 Å². The van der Waals surface area contributed by atoms with E-state index in [-0.39, 0.29) is 12.2 Å². The summed E-state index contributed by atoms with van der Waals surface area (Å²) >= 11 is 0. The van der Waals surface area contributed by atoms with Crippen LogP contribution in [0.2, 0.25) is 0 Å². The van der Waals surface area contributed by atoms with E-state index < -0.39 is 0 Å². The molecule has 8 nitrogen and oxygen atoms in total. The van der Waals surface area contributed by atoms with Gasteiger partial charge in [-0.25, -0.2) is 9.36 Å². The zero-order valence-electron chi connectivity index (χ0n) is 39.2. The van der Waals surface area contributed by atoms with Gasteiger partial charge in [0.05, 0.1) is 45.8 Å². The maximum Gasteiger partial charge on any atom is 0.240 e. The van der Waals surface area contributed by atoms with E-state index in [1.165, 1.54) is 77.0 Å². The second-order valence-electron chi connectivity index (χ2n) is 17.1. The number of allylic oxidation sites excluding steroid dienone is 2. The second-order valence-corrected chi connectivity index (χ2v) is 17.1. The number of ether oxygens (including phenoxy) is 2. The van der Waals surface area contributed by atoms with Crippen molar-refractivity contribution in [3.63, 3.8) is 0 Å². The molecule has 64 heavy (non-hydrogen) atoms. The van der Waals surface area contributed by atoms with Gasteiger partial charge < -0.3 is 9.47 Å². The summed E-state index contributed by atoms with van der Waals surface area (Å²) in [7, 11) is 0. The van der Waals surface area contributed by atoms with E-state index in [0.29, 0.717) is 22.9 Å². The number of hydrogen-bond acceptors (Lipinski definition) is 6. The molecule has 2 heterocycles. The van der Waals surface area contributed by atoms with Gasteiger partial charge >= 0.3 is 0 Å². The summed E-state index contributed by atoms with van der Waals surface area (Å²) in [5.41, 5.74) is 5.81. The van der Waals surface area contributed by atoms with E-state index in [1.807, 2.05) is 119 Å². The largest absolute Gasteiger partial charge is 0.473 e. The van der Waals surface area contributed by atoms with Crippen LogP contribution in [-0.2, 0) is 0 Å². The Morgan fingerprint density at radius 3 is 1.11 bits per heavy atom. The quantitative estimate of drug-likeness (QED) is 0.0337. The standard InChI is InChI=1S/C56H72N6O2/c1-5-9-13-23-31-53(32-24-14-10-6-2)63-55-49(43-61(59-55)51-27-19-17-20-28-51)39-47(41-57)45-35-37-46(38-36-45)48(42-58)40-50-44-62(52-29-21-18-22-30-52)60-56(50)64-54(33-25-15-11-7-3)34-26-16-12-8-4/h17-22,27-30,35-40,43-44,53-54H,5-16,23-26,31-34H2,1-4H3/b47-39+,48-40+. The highest BCUT2D eigenvalue weighted by molar-refractivity contribution is 5.93. The highest BCUT2D eigenvalue weighted by Gasteiger charge is 2.20. The van der Waals surface area contributed by atoms with Crippen molar-refractivity contribution in [3.8, 4) is 35.3 Å². The monoisotopic (exact) mass is 861 g/mol. The molecule has 338 valence electrons. The third-order valence-electron chi connectivity index (χ3n) is 11.9. The Bertz CT molecular complexity index is 2040. The molecule has 0 saturated heterocycles. The van der Waals surface area contributed by atoms with Crippen LogP contribution < -0.4 is 9.47 Å². The van der Waals surface area contributed by atoms with Gasteiger partial charge in [0.25, 0.3) is 0 Å². The average Bonchev–Trinajstić information content (AvgIpc) is 3.93. The van der Waals surface area contributed by atoms with Crippen molar-refractivity contribution < 1.29 is 9.47 Å². The van der Waals surface area contributed by atoms with Crippen LogP contribution in [0, 0.1) is 22.7 Å². The predicted molar refractivity (Wildman–Crippen MR) is 264 cm³/mol. The van der Waals surface area contributed by atoms with Crippen molar-refractivity contribution in [2.24, 2.45) is 0 Å². The van der Waals surface area contributed by atoms with Crippen LogP contribution in [0.15, 0.2) is 97.3 Å². The number of nitriles is 2. The van der Waals surface area contributed by atoms with E-state index in [1.54, 1.807) is 0 Å². The molecule has 0 spiro atoms. The molecule has 0 aliphatic carbocycles. The number of hydrogen-bond donors (Lipinski definition) is 0. The predicted octanol–water partition coefficient (Wildman–Crippen LogP) is 15.6. The Hall–Kier alpha value is -5.86. The minimum absolute atomic E-state index is 0.0502. The van der Waals surface area contributed by atoms with Gasteiger partial charge in [-0.05, 0) is 98.9 Å². The van der Waals surface area contributed by atoms with Crippen LogP contribution in [0.5, 0.6) is 11.8 Å². The van der Waals surface area contributed by atoms with Crippen molar-refractivity contribution >= 4 is 23.3 Å². The highest BCUT2D eigenvalue weighted by atomic mass is 16.5. The Balaban J connectivity index is 1.44. The zero-order valence-corrected chi connectivity index (χ0v) is 39.2. The summed E-state index contributed by atoms with van der Waals surface area (Å²) in [4.78, 5) is 0. The van der Waals surface area contributed by atoms with Gasteiger partial charge in [-0.3, -0.25) is 0 Å². The fraction of sp³-hybridized carbons (Fsp3) is 0.464. The molecule has 0 saturated carbocycles. The van der Waals surface area contributed by atoms with Crippen LogP contribution in [0.4, 0.5) is 0 Å². The Morgan fingerprint density at radius 1 is 0.484 bits per heavy atom. The molecule has 0 atom stereocenters. The molecule has 0 aliphatic rings. The van der Waals surface area contributed by atoms with Gasteiger partial charge in [0, 0.05) is 12.4 Å². The van der Waals surface area contributed by atoms with Crippen LogP contribution in [-0.4, -0.2) is 31.8 Å². The van der Waals surface area contributed by atoms with Crippen LogP contribution >= 0.6 is 0 Å². The van der Waals surface area contributed by atoms with Gasteiger partial charge in [0.2, 0.25) is 11.8 Å². The molecule has 0 unspecified atom stereocenters. The van der Waals surface area contributed by atoms with E-state index in [4.69, 9.17) is 19.7 Å². The summed E-state index contributed by atoms with van der Waals surface area (Å²) in [6.07, 6.45) is 30.6. The van der Waals surface area contributed by atoms with E-state index in [0.717, 1.165) is 85.0 Å².